The van der Waals surface area contributed by atoms with Gasteiger partial charge in [-0.05, 0) is 13.8 Å². The third kappa shape index (κ3) is 2.58. The Morgan fingerprint density at radius 3 is 2.65 bits per heavy atom. The highest BCUT2D eigenvalue weighted by molar-refractivity contribution is 6.32. The second-order valence-electron chi connectivity index (χ2n) is 3.95. The van der Waals surface area contributed by atoms with Crippen LogP contribution in [-0.4, -0.2) is 40.7 Å². The highest BCUT2D eigenvalue weighted by Crippen LogP contribution is 2.28. The van der Waals surface area contributed by atoms with Crippen LogP contribution in [0.3, 0.4) is 0 Å². The predicted molar refractivity (Wildman–Crippen MR) is 63.7 cm³/mol. The number of carbonyl (C=O) groups is 1. The lowest BCUT2D eigenvalue weighted by Crippen LogP contribution is -2.48. The van der Waals surface area contributed by atoms with E-state index in [0.29, 0.717) is 5.82 Å². The number of likely N-dealkylation sites (N-methyl/N-ethyl adjacent to an activating group) is 1. The van der Waals surface area contributed by atoms with E-state index < -0.39 is 11.5 Å². The summed E-state index contributed by atoms with van der Waals surface area (Å²) in [5, 5.41) is 9.40. The Kier molecular flexibility index (Phi) is 3.77. The summed E-state index contributed by atoms with van der Waals surface area (Å²) in [7, 11) is 3.02. The van der Waals surface area contributed by atoms with E-state index in [4.69, 9.17) is 21.4 Å². The minimum absolute atomic E-state index is 0.137. The molecule has 0 amide bonds. The highest BCUT2D eigenvalue weighted by atomic mass is 35.5. The first-order chi connectivity index (χ1) is 7.80. The van der Waals surface area contributed by atoms with Crippen LogP contribution in [-0.2, 0) is 4.79 Å². The van der Waals surface area contributed by atoms with Crippen molar-refractivity contribution in [2.24, 2.45) is 0 Å². The van der Waals surface area contributed by atoms with Gasteiger partial charge in [-0.2, -0.15) is 4.98 Å². The zero-order chi connectivity index (χ0) is 13.2. The fraction of sp³-hybridized carbons (Fsp3) is 0.500. The summed E-state index contributed by atoms with van der Waals surface area (Å²) < 4.78 is 4.88. The van der Waals surface area contributed by atoms with Crippen LogP contribution < -0.4 is 9.64 Å². The summed E-state index contributed by atoms with van der Waals surface area (Å²) in [6.45, 7) is 3.11. The van der Waals surface area contributed by atoms with E-state index in [-0.39, 0.29) is 11.0 Å². The third-order valence-corrected chi connectivity index (χ3v) is 2.83. The number of carboxylic acids is 1. The molecule has 0 atom stereocenters. The molecular weight excluding hydrogens is 246 g/mol. The van der Waals surface area contributed by atoms with E-state index in [0.717, 1.165) is 0 Å². The molecule has 0 fully saturated rings. The number of aromatic nitrogens is 2. The van der Waals surface area contributed by atoms with Crippen LogP contribution in [0.1, 0.15) is 13.8 Å². The average Bonchev–Trinajstić information content (AvgIpc) is 2.28. The van der Waals surface area contributed by atoms with Crippen LogP contribution in [0.25, 0.3) is 0 Å². The van der Waals surface area contributed by atoms with E-state index in [1.165, 1.54) is 18.2 Å². The first kappa shape index (κ1) is 13.5. The number of aliphatic carboxylic acids is 1. The van der Waals surface area contributed by atoms with Crippen LogP contribution in [0.5, 0.6) is 6.01 Å². The molecule has 0 aromatic carbocycles. The van der Waals surface area contributed by atoms with Gasteiger partial charge >= 0.3 is 12.0 Å². The maximum Gasteiger partial charge on any atom is 0.328 e. The first-order valence-electron chi connectivity index (χ1n) is 4.84. The van der Waals surface area contributed by atoms with Crippen molar-refractivity contribution in [3.05, 3.63) is 11.2 Å². The molecule has 0 aliphatic rings. The molecule has 0 aliphatic heterocycles. The van der Waals surface area contributed by atoms with Crippen LogP contribution in [0.15, 0.2) is 6.20 Å². The van der Waals surface area contributed by atoms with Crippen LogP contribution in [0, 0.1) is 0 Å². The van der Waals surface area contributed by atoms with Gasteiger partial charge in [0.25, 0.3) is 0 Å². The lowest BCUT2D eigenvalue weighted by atomic mass is 10.0. The summed E-state index contributed by atoms with van der Waals surface area (Å²) in [5.74, 6) is -0.667. The highest BCUT2D eigenvalue weighted by Gasteiger charge is 2.34. The molecule has 6 nitrogen and oxygen atoms in total. The van der Waals surface area contributed by atoms with Crippen molar-refractivity contribution in [2.75, 3.05) is 19.1 Å². The molecule has 94 valence electrons. The fourth-order valence-corrected chi connectivity index (χ4v) is 1.30. The largest absolute Gasteiger partial charge is 0.480 e. The maximum atomic E-state index is 11.1. The number of carboxylic acid groups (broad SMARTS) is 1. The smallest absolute Gasteiger partial charge is 0.328 e. The number of anilines is 1. The zero-order valence-corrected chi connectivity index (χ0v) is 10.8. The monoisotopic (exact) mass is 259 g/mol. The Bertz CT molecular complexity index is 437. The Morgan fingerprint density at radius 1 is 1.59 bits per heavy atom. The average molecular weight is 260 g/mol. The van der Waals surface area contributed by atoms with Crippen LogP contribution >= 0.6 is 11.6 Å². The fourth-order valence-electron chi connectivity index (χ4n) is 1.08. The number of ether oxygens (including phenoxy) is 1. The van der Waals surface area contributed by atoms with Gasteiger partial charge in [0.05, 0.1) is 13.3 Å². The summed E-state index contributed by atoms with van der Waals surface area (Å²) in [6, 6.07) is 0.137. The molecule has 0 saturated heterocycles. The van der Waals surface area contributed by atoms with Gasteiger partial charge < -0.3 is 14.7 Å². The number of hydrogen-bond acceptors (Lipinski definition) is 5. The van der Waals surface area contributed by atoms with Crippen molar-refractivity contribution in [2.45, 2.75) is 19.4 Å². The SMILES string of the molecule is COc1ncc(Cl)c(N(C)C(C)(C)C(=O)O)n1. The molecule has 1 rings (SSSR count). The van der Waals surface area contributed by atoms with Crippen LogP contribution in [0.4, 0.5) is 5.82 Å². The predicted octanol–water partition coefficient (Wildman–Crippen LogP) is 1.44. The molecule has 1 heterocycles. The first-order valence-corrected chi connectivity index (χ1v) is 5.22. The topological polar surface area (TPSA) is 75.5 Å². The number of methoxy groups -OCH3 is 1. The molecule has 0 aliphatic carbocycles. The number of hydrogen-bond donors (Lipinski definition) is 1. The van der Waals surface area contributed by atoms with Gasteiger partial charge in [-0.3, -0.25) is 0 Å². The van der Waals surface area contributed by atoms with Gasteiger partial charge in [0.2, 0.25) is 0 Å². The van der Waals surface area contributed by atoms with Gasteiger partial charge in [-0.25, -0.2) is 9.78 Å². The van der Waals surface area contributed by atoms with Crippen molar-refractivity contribution < 1.29 is 14.6 Å². The van der Waals surface area contributed by atoms with Crippen molar-refractivity contribution in [1.29, 1.82) is 0 Å². The lowest BCUT2D eigenvalue weighted by molar-refractivity contribution is -0.142. The molecular formula is C10H14ClN3O3. The molecule has 7 heteroatoms. The van der Waals surface area contributed by atoms with Crippen molar-refractivity contribution in [3.8, 4) is 6.01 Å². The number of rotatable bonds is 4. The summed E-state index contributed by atoms with van der Waals surface area (Å²) in [6.07, 6.45) is 1.37. The standard InChI is InChI=1S/C10H14ClN3O3/c1-10(2,8(15)16)14(3)7-6(11)5-12-9(13-7)17-4/h5H,1-4H3,(H,15,16). The summed E-state index contributed by atoms with van der Waals surface area (Å²) in [4.78, 5) is 20.5. The molecule has 0 spiro atoms. The van der Waals surface area contributed by atoms with Gasteiger partial charge in [0, 0.05) is 7.05 Å². The normalized spacial score (nSPS) is 11.1. The van der Waals surface area contributed by atoms with Crippen molar-refractivity contribution in [3.63, 3.8) is 0 Å². The number of halogens is 1. The minimum Gasteiger partial charge on any atom is -0.480 e. The van der Waals surface area contributed by atoms with Gasteiger partial charge in [0.1, 0.15) is 10.6 Å². The van der Waals surface area contributed by atoms with Crippen LogP contribution in [0.2, 0.25) is 5.02 Å². The second kappa shape index (κ2) is 4.75. The lowest BCUT2D eigenvalue weighted by Gasteiger charge is -2.32. The Morgan fingerprint density at radius 2 is 2.18 bits per heavy atom. The van der Waals surface area contributed by atoms with Gasteiger partial charge in [0.15, 0.2) is 5.82 Å². The molecule has 1 N–H and O–H groups in total. The molecule has 1 aromatic rings. The number of nitrogens with zero attached hydrogens (tertiary/aromatic N) is 3. The van der Waals surface area contributed by atoms with E-state index in [9.17, 15) is 4.79 Å². The van der Waals surface area contributed by atoms with Gasteiger partial charge in [-0.15, -0.1) is 0 Å². The quantitative estimate of drug-likeness (QED) is 0.882. The zero-order valence-electron chi connectivity index (χ0n) is 10.1. The van der Waals surface area contributed by atoms with E-state index in [2.05, 4.69) is 9.97 Å². The summed E-state index contributed by atoms with van der Waals surface area (Å²) in [5.41, 5.74) is -1.14. The van der Waals surface area contributed by atoms with Gasteiger partial charge in [-0.1, -0.05) is 11.6 Å². The molecule has 0 radical (unpaired) electrons. The third-order valence-electron chi connectivity index (χ3n) is 2.57. The molecule has 17 heavy (non-hydrogen) atoms. The second-order valence-corrected chi connectivity index (χ2v) is 4.36. The summed E-state index contributed by atoms with van der Waals surface area (Å²) >= 11 is 5.94. The molecule has 0 bridgehead atoms. The molecule has 1 aromatic heterocycles. The minimum atomic E-state index is -1.14. The Hall–Kier alpha value is -1.56. The Labute approximate surface area is 104 Å². The maximum absolute atomic E-state index is 11.1. The molecule has 0 unspecified atom stereocenters. The Balaban J connectivity index is 3.19. The van der Waals surface area contributed by atoms with E-state index >= 15 is 0 Å². The van der Waals surface area contributed by atoms with E-state index in [1.54, 1.807) is 20.9 Å². The van der Waals surface area contributed by atoms with Crippen molar-refractivity contribution in [1.82, 2.24) is 9.97 Å². The molecule has 0 saturated carbocycles. The van der Waals surface area contributed by atoms with E-state index in [1.807, 2.05) is 0 Å². The van der Waals surface area contributed by atoms with Crippen molar-refractivity contribution >= 4 is 23.4 Å².